The van der Waals surface area contributed by atoms with Crippen LogP contribution in [0, 0.1) is 5.82 Å². The third-order valence-corrected chi connectivity index (χ3v) is 6.80. The molecule has 8 heteroatoms. The molecule has 0 spiro atoms. The van der Waals surface area contributed by atoms with Gasteiger partial charge in [-0.1, -0.05) is 18.2 Å². The van der Waals surface area contributed by atoms with E-state index in [0.717, 1.165) is 30.0 Å². The summed E-state index contributed by atoms with van der Waals surface area (Å²) in [5, 5.41) is 4.19. The van der Waals surface area contributed by atoms with Crippen LogP contribution in [0.5, 0.6) is 5.75 Å². The Balaban J connectivity index is 1.70. The first-order chi connectivity index (χ1) is 15.3. The minimum atomic E-state index is -0.416. The summed E-state index contributed by atoms with van der Waals surface area (Å²) in [6, 6.07) is 11.0. The molecule has 1 N–H and O–H groups in total. The highest BCUT2D eigenvalue weighted by Crippen LogP contribution is 2.45. The highest BCUT2D eigenvalue weighted by molar-refractivity contribution is 6.10. The summed E-state index contributed by atoms with van der Waals surface area (Å²) < 4.78 is 20.9. The molecule has 7 nitrogen and oxygen atoms in total. The Kier molecular flexibility index (Phi) is 5.04. The van der Waals surface area contributed by atoms with Gasteiger partial charge in [0.15, 0.2) is 5.84 Å². The first-order valence-corrected chi connectivity index (χ1v) is 11.0. The standard InChI is InChI=1S/C24H28FN5O2/c1-14-12-29(15(2)11-28(14)4)20-10-21-22(9-18(20)17-7-5-6-8-19(17)25)32-13-23-26-27-24(31)16(3)30(21)23/h5-10,14-16H,11-13H2,1-4H3,(H,27,31)/t14-,15-,16?/m0/s1. The lowest BCUT2D eigenvalue weighted by atomic mass is 9.97. The number of amidine groups is 1. The predicted molar refractivity (Wildman–Crippen MR) is 124 cm³/mol. The fourth-order valence-corrected chi connectivity index (χ4v) is 4.83. The largest absolute Gasteiger partial charge is 0.483 e. The molecule has 0 aliphatic carbocycles. The number of anilines is 2. The molecule has 1 saturated heterocycles. The van der Waals surface area contributed by atoms with E-state index >= 15 is 0 Å². The normalized spacial score (nSPS) is 25.5. The van der Waals surface area contributed by atoms with Gasteiger partial charge in [-0.3, -0.25) is 9.69 Å². The second-order valence-electron chi connectivity index (χ2n) is 8.95. The molecule has 168 valence electrons. The van der Waals surface area contributed by atoms with Crippen LogP contribution < -0.4 is 20.0 Å². The molecule has 32 heavy (non-hydrogen) atoms. The maximum absolute atomic E-state index is 14.9. The van der Waals surface area contributed by atoms with E-state index < -0.39 is 6.04 Å². The van der Waals surface area contributed by atoms with Crippen molar-refractivity contribution in [2.75, 3.05) is 36.5 Å². The van der Waals surface area contributed by atoms with Crippen LogP contribution in [0.3, 0.4) is 0 Å². The van der Waals surface area contributed by atoms with Crippen molar-refractivity contribution in [1.29, 1.82) is 0 Å². The van der Waals surface area contributed by atoms with Gasteiger partial charge < -0.3 is 14.5 Å². The van der Waals surface area contributed by atoms with Crippen LogP contribution in [0.1, 0.15) is 20.8 Å². The van der Waals surface area contributed by atoms with Crippen LogP contribution in [0.15, 0.2) is 41.5 Å². The van der Waals surface area contributed by atoms with Crippen LogP contribution >= 0.6 is 0 Å². The number of halogens is 1. The van der Waals surface area contributed by atoms with E-state index in [0.29, 0.717) is 23.2 Å². The maximum Gasteiger partial charge on any atom is 0.262 e. The topological polar surface area (TPSA) is 60.4 Å². The van der Waals surface area contributed by atoms with E-state index in [1.807, 2.05) is 30.0 Å². The lowest BCUT2D eigenvalue weighted by Crippen LogP contribution is -2.56. The number of hydrogen-bond acceptors (Lipinski definition) is 6. The summed E-state index contributed by atoms with van der Waals surface area (Å²) in [6.07, 6.45) is 0. The molecule has 1 unspecified atom stereocenters. The average molecular weight is 438 g/mol. The number of ether oxygens (including phenoxy) is 1. The summed E-state index contributed by atoms with van der Waals surface area (Å²) in [5.74, 6) is 0.853. The molecule has 1 amide bonds. The average Bonchev–Trinajstić information content (AvgIpc) is 2.78. The van der Waals surface area contributed by atoms with Gasteiger partial charge >= 0.3 is 0 Å². The van der Waals surface area contributed by atoms with Gasteiger partial charge in [0.2, 0.25) is 0 Å². The smallest absolute Gasteiger partial charge is 0.262 e. The van der Waals surface area contributed by atoms with Crippen molar-refractivity contribution in [3.63, 3.8) is 0 Å². The molecule has 0 bridgehead atoms. The number of nitrogens with zero attached hydrogens (tertiary/aromatic N) is 4. The number of hydrogen-bond donors (Lipinski definition) is 1. The SMILES string of the molecule is CC1C(=O)NN=C2COc3cc(-c4ccccc4F)c(N4C[C@H](C)N(C)C[C@@H]4C)cc3N21. The number of likely N-dealkylation sites (N-methyl/N-ethyl adjacent to an activating group) is 1. The lowest BCUT2D eigenvalue weighted by Gasteiger charge is -2.45. The van der Waals surface area contributed by atoms with Crippen LogP contribution in [-0.2, 0) is 4.79 Å². The van der Waals surface area contributed by atoms with Crippen molar-refractivity contribution in [3.8, 4) is 16.9 Å². The van der Waals surface area contributed by atoms with Gasteiger partial charge in [-0.15, -0.1) is 0 Å². The number of carbonyl (C=O) groups excluding carboxylic acids is 1. The molecular weight excluding hydrogens is 409 g/mol. The zero-order valence-electron chi connectivity index (χ0n) is 18.8. The van der Waals surface area contributed by atoms with Gasteiger partial charge in [0.1, 0.15) is 24.2 Å². The zero-order chi connectivity index (χ0) is 22.6. The molecule has 2 aromatic rings. The second-order valence-corrected chi connectivity index (χ2v) is 8.95. The minimum Gasteiger partial charge on any atom is -0.483 e. The van der Waals surface area contributed by atoms with E-state index in [-0.39, 0.29) is 24.4 Å². The number of carbonyl (C=O) groups is 1. The van der Waals surface area contributed by atoms with Crippen molar-refractivity contribution in [2.24, 2.45) is 5.10 Å². The van der Waals surface area contributed by atoms with Crippen LogP contribution in [0.25, 0.3) is 11.1 Å². The lowest BCUT2D eigenvalue weighted by molar-refractivity contribution is -0.122. The molecule has 0 radical (unpaired) electrons. The van der Waals surface area contributed by atoms with Gasteiger partial charge in [0.25, 0.3) is 5.91 Å². The van der Waals surface area contributed by atoms with E-state index in [4.69, 9.17) is 4.74 Å². The Labute approximate surface area is 187 Å². The fourth-order valence-electron chi connectivity index (χ4n) is 4.83. The second kappa shape index (κ2) is 7.78. The molecule has 3 aliphatic heterocycles. The molecule has 2 aromatic carbocycles. The minimum absolute atomic E-state index is 0.164. The molecule has 5 rings (SSSR count). The van der Waals surface area contributed by atoms with Gasteiger partial charge in [0, 0.05) is 42.0 Å². The summed E-state index contributed by atoms with van der Waals surface area (Å²) in [7, 11) is 2.13. The van der Waals surface area contributed by atoms with Gasteiger partial charge in [0.05, 0.1) is 5.69 Å². The molecule has 1 fully saturated rings. The van der Waals surface area contributed by atoms with Crippen molar-refractivity contribution in [1.82, 2.24) is 10.3 Å². The molecule has 3 atom stereocenters. The summed E-state index contributed by atoms with van der Waals surface area (Å²) in [6.45, 7) is 8.20. The Morgan fingerprint density at radius 3 is 2.62 bits per heavy atom. The van der Waals surface area contributed by atoms with Gasteiger partial charge in [-0.25, -0.2) is 9.82 Å². The third-order valence-electron chi connectivity index (χ3n) is 6.80. The van der Waals surface area contributed by atoms with Crippen molar-refractivity contribution in [2.45, 2.75) is 38.9 Å². The van der Waals surface area contributed by atoms with Crippen molar-refractivity contribution >= 4 is 23.1 Å². The summed E-state index contributed by atoms with van der Waals surface area (Å²) in [4.78, 5) is 19.0. The molecule has 0 aromatic heterocycles. The van der Waals surface area contributed by atoms with Crippen LogP contribution in [0.4, 0.5) is 15.8 Å². The molecule has 0 saturated carbocycles. The Morgan fingerprint density at radius 2 is 1.84 bits per heavy atom. The van der Waals surface area contributed by atoms with E-state index in [1.165, 1.54) is 6.07 Å². The Morgan fingerprint density at radius 1 is 1.06 bits per heavy atom. The monoisotopic (exact) mass is 437 g/mol. The quantitative estimate of drug-likeness (QED) is 0.783. The summed E-state index contributed by atoms with van der Waals surface area (Å²) >= 11 is 0. The molecule has 3 heterocycles. The van der Waals surface area contributed by atoms with E-state index in [9.17, 15) is 9.18 Å². The first kappa shape index (κ1) is 20.8. The number of piperazine rings is 1. The molecule has 3 aliphatic rings. The zero-order valence-corrected chi connectivity index (χ0v) is 18.8. The Bertz CT molecular complexity index is 1100. The van der Waals surface area contributed by atoms with Crippen LogP contribution in [-0.4, -0.2) is 61.5 Å². The van der Waals surface area contributed by atoms with Crippen molar-refractivity contribution in [3.05, 3.63) is 42.2 Å². The fraction of sp³-hybridized carbons (Fsp3) is 0.417. The van der Waals surface area contributed by atoms with Gasteiger partial charge in [-0.2, -0.15) is 5.10 Å². The number of fused-ring (bicyclic) bond motifs is 3. The van der Waals surface area contributed by atoms with Crippen molar-refractivity contribution < 1.29 is 13.9 Å². The highest BCUT2D eigenvalue weighted by Gasteiger charge is 2.37. The number of amides is 1. The molecular formula is C24H28FN5O2. The number of nitrogens with one attached hydrogen (secondary N) is 1. The third kappa shape index (κ3) is 3.30. The highest BCUT2D eigenvalue weighted by atomic mass is 19.1. The van der Waals surface area contributed by atoms with Crippen LogP contribution in [0.2, 0.25) is 0 Å². The number of rotatable bonds is 2. The summed E-state index contributed by atoms with van der Waals surface area (Å²) in [5.41, 5.74) is 5.61. The number of hydrazone groups is 1. The predicted octanol–water partition coefficient (Wildman–Crippen LogP) is 3.05. The van der Waals surface area contributed by atoms with E-state index in [1.54, 1.807) is 12.1 Å². The first-order valence-electron chi connectivity index (χ1n) is 11.0. The maximum atomic E-state index is 14.9. The Hall–Kier alpha value is -3.13. The number of benzene rings is 2. The van der Waals surface area contributed by atoms with E-state index in [2.05, 4.69) is 41.2 Å². The van der Waals surface area contributed by atoms with Gasteiger partial charge in [-0.05, 0) is 46.0 Å².